The van der Waals surface area contributed by atoms with Crippen LogP contribution in [-0.4, -0.2) is 44.7 Å². The molecule has 1 saturated heterocycles. The number of para-hydroxylation sites is 2. The SMILES string of the molecule is CN(CC(=O)Nc1ccccc1N1CCCC1=O)S(=O)(=O)c1ccc2ccccc2c1. The molecule has 0 atom stereocenters. The van der Waals surface area contributed by atoms with E-state index < -0.39 is 15.9 Å². The second-order valence-corrected chi connectivity index (χ2v) is 9.53. The summed E-state index contributed by atoms with van der Waals surface area (Å²) in [6.07, 6.45) is 1.25. The van der Waals surface area contributed by atoms with Crippen molar-refractivity contribution < 1.29 is 18.0 Å². The quantitative estimate of drug-likeness (QED) is 0.642. The van der Waals surface area contributed by atoms with Crippen LogP contribution in [-0.2, 0) is 19.6 Å². The Bertz CT molecular complexity index is 1260. The van der Waals surface area contributed by atoms with Gasteiger partial charge in [-0.3, -0.25) is 9.59 Å². The second-order valence-electron chi connectivity index (χ2n) is 7.48. The van der Waals surface area contributed by atoms with Crippen molar-refractivity contribution in [3.8, 4) is 0 Å². The van der Waals surface area contributed by atoms with E-state index in [0.717, 1.165) is 21.5 Å². The lowest BCUT2D eigenvalue weighted by Crippen LogP contribution is -2.35. The highest BCUT2D eigenvalue weighted by molar-refractivity contribution is 7.89. The number of nitrogens with one attached hydrogen (secondary N) is 1. The Kier molecular flexibility index (Phi) is 5.75. The van der Waals surface area contributed by atoms with Gasteiger partial charge in [0.1, 0.15) is 0 Å². The zero-order valence-electron chi connectivity index (χ0n) is 17.1. The Morgan fingerprint density at radius 2 is 1.74 bits per heavy atom. The number of anilines is 2. The van der Waals surface area contributed by atoms with Crippen LogP contribution in [0.25, 0.3) is 10.8 Å². The van der Waals surface area contributed by atoms with E-state index in [9.17, 15) is 18.0 Å². The Morgan fingerprint density at radius 3 is 2.48 bits per heavy atom. The smallest absolute Gasteiger partial charge is 0.243 e. The summed E-state index contributed by atoms with van der Waals surface area (Å²) in [7, 11) is -2.47. The normalized spacial score (nSPS) is 14.4. The van der Waals surface area contributed by atoms with Gasteiger partial charge in [0.2, 0.25) is 21.8 Å². The van der Waals surface area contributed by atoms with E-state index in [1.54, 1.807) is 47.4 Å². The number of hydrogen-bond acceptors (Lipinski definition) is 4. The summed E-state index contributed by atoms with van der Waals surface area (Å²) < 4.78 is 27.0. The van der Waals surface area contributed by atoms with Crippen LogP contribution in [0.5, 0.6) is 0 Å². The zero-order chi connectivity index (χ0) is 22.0. The summed E-state index contributed by atoms with van der Waals surface area (Å²) in [6, 6.07) is 19.4. The first kappa shape index (κ1) is 21.0. The van der Waals surface area contributed by atoms with Gasteiger partial charge in [0, 0.05) is 20.0 Å². The minimum Gasteiger partial charge on any atom is -0.323 e. The molecule has 1 fully saturated rings. The molecular formula is C23H23N3O4S. The maximum atomic E-state index is 13.0. The Hall–Kier alpha value is -3.23. The fourth-order valence-corrected chi connectivity index (χ4v) is 4.87. The van der Waals surface area contributed by atoms with E-state index in [0.29, 0.717) is 24.3 Å². The Labute approximate surface area is 181 Å². The van der Waals surface area contributed by atoms with Crippen molar-refractivity contribution in [1.29, 1.82) is 0 Å². The number of nitrogens with zero attached hydrogens (tertiary/aromatic N) is 2. The van der Waals surface area contributed by atoms with Gasteiger partial charge in [0.05, 0.1) is 22.8 Å². The predicted molar refractivity (Wildman–Crippen MR) is 120 cm³/mol. The molecule has 2 amide bonds. The molecular weight excluding hydrogens is 414 g/mol. The zero-order valence-corrected chi connectivity index (χ0v) is 17.9. The summed E-state index contributed by atoms with van der Waals surface area (Å²) >= 11 is 0. The molecule has 3 aromatic rings. The van der Waals surface area contributed by atoms with E-state index in [1.807, 2.05) is 24.3 Å². The third-order valence-electron chi connectivity index (χ3n) is 5.34. The highest BCUT2D eigenvalue weighted by atomic mass is 32.2. The van der Waals surface area contributed by atoms with Gasteiger partial charge in [-0.2, -0.15) is 4.31 Å². The van der Waals surface area contributed by atoms with Crippen molar-refractivity contribution in [3.05, 3.63) is 66.7 Å². The number of sulfonamides is 1. The molecule has 0 unspecified atom stereocenters. The molecule has 3 aromatic carbocycles. The molecule has 0 spiro atoms. The average Bonchev–Trinajstić information content (AvgIpc) is 3.19. The fraction of sp³-hybridized carbons (Fsp3) is 0.217. The lowest BCUT2D eigenvalue weighted by Gasteiger charge is -2.21. The molecule has 1 aliphatic rings. The first-order valence-corrected chi connectivity index (χ1v) is 11.4. The molecule has 31 heavy (non-hydrogen) atoms. The molecule has 160 valence electrons. The first-order chi connectivity index (χ1) is 14.9. The summed E-state index contributed by atoms with van der Waals surface area (Å²) in [5, 5.41) is 4.50. The number of rotatable bonds is 6. The molecule has 0 bridgehead atoms. The molecule has 1 heterocycles. The highest BCUT2D eigenvalue weighted by Gasteiger charge is 2.26. The molecule has 4 rings (SSSR count). The fourth-order valence-electron chi connectivity index (χ4n) is 3.70. The monoisotopic (exact) mass is 437 g/mol. The average molecular weight is 438 g/mol. The van der Waals surface area contributed by atoms with Crippen LogP contribution in [0.3, 0.4) is 0 Å². The van der Waals surface area contributed by atoms with Gasteiger partial charge in [0.15, 0.2) is 0 Å². The van der Waals surface area contributed by atoms with Crippen molar-refractivity contribution >= 4 is 44.0 Å². The van der Waals surface area contributed by atoms with E-state index >= 15 is 0 Å². The first-order valence-electron chi connectivity index (χ1n) is 10.0. The summed E-state index contributed by atoms with van der Waals surface area (Å²) in [5.74, 6) is -0.469. The van der Waals surface area contributed by atoms with Crippen LogP contribution in [0, 0.1) is 0 Å². The highest BCUT2D eigenvalue weighted by Crippen LogP contribution is 2.29. The number of amides is 2. The third kappa shape index (κ3) is 4.30. The van der Waals surface area contributed by atoms with Crippen molar-refractivity contribution in [2.24, 2.45) is 0 Å². The number of likely N-dealkylation sites (N-methyl/N-ethyl adjacent to an activating group) is 1. The van der Waals surface area contributed by atoms with Crippen LogP contribution in [0.1, 0.15) is 12.8 Å². The molecule has 7 nitrogen and oxygen atoms in total. The number of fused-ring (bicyclic) bond motifs is 1. The van der Waals surface area contributed by atoms with E-state index in [-0.39, 0.29) is 17.3 Å². The number of hydrogen-bond donors (Lipinski definition) is 1. The molecule has 1 N–H and O–H groups in total. The van der Waals surface area contributed by atoms with Crippen molar-refractivity contribution in [2.45, 2.75) is 17.7 Å². The van der Waals surface area contributed by atoms with E-state index in [4.69, 9.17) is 0 Å². The van der Waals surface area contributed by atoms with Gasteiger partial charge in [-0.05, 0) is 41.5 Å². The molecule has 0 aliphatic carbocycles. The molecule has 0 radical (unpaired) electrons. The molecule has 8 heteroatoms. The van der Waals surface area contributed by atoms with Gasteiger partial charge in [-0.15, -0.1) is 0 Å². The Balaban J connectivity index is 1.50. The summed E-state index contributed by atoms with van der Waals surface area (Å²) in [5.41, 5.74) is 1.11. The van der Waals surface area contributed by atoms with Crippen LogP contribution in [0.4, 0.5) is 11.4 Å². The maximum absolute atomic E-state index is 13.0. The third-order valence-corrected chi connectivity index (χ3v) is 7.14. The van der Waals surface area contributed by atoms with E-state index in [2.05, 4.69) is 5.32 Å². The number of carbonyl (C=O) groups is 2. The minimum absolute atomic E-state index is 0.0118. The minimum atomic E-state index is -3.84. The van der Waals surface area contributed by atoms with Crippen LogP contribution >= 0.6 is 0 Å². The van der Waals surface area contributed by atoms with Gasteiger partial charge in [-0.1, -0.05) is 42.5 Å². The summed E-state index contributed by atoms with van der Waals surface area (Å²) in [4.78, 5) is 26.5. The van der Waals surface area contributed by atoms with Gasteiger partial charge < -0.3 is 10.2 Å². The summed E-state index contributed by atoms with van der Waals surface area (Å²) in [6.45, 7) is 0.249. The van der Waals surface area contributed by atoms with Crippen LogP contribution in [0.2, 0.25) is 0 Å². The number of carbonyl (C=O) groups excluding carboxylic acids is 2. The molecule has 0 aromatic heterocycles. The van der Waals surface area contributed by atoms with Crippen molar-refractivity contribution in [1.82, 2.24) is 4.31 Å². The molecule has 0 saturated carbocycles. The lowest BCUT2D eigenvalue weighted by molar-refractivity contribution is -0.117. The Morgan fingerprint density at radius 1 is 1.03 bits per heavy atom. The van der Waals surface area contributed by atoms with E-state index in [1.165, 1.54) is 7.05 Å². The predicted octanol–water partition coefficient (Wildman–Crippen LogP) is 3.23. The lowest BCUT2D eigenvalue weighted by atomic mass is 10.1. The topological polar surface area (TPSA) is 86.8 Å². The second kappa shape index (κ2) is 8.49. The van der Waals surface area contributed by atoms with Gasteiger partial charge >= 0.3 is 0 Å². The largest absolute Gasteiger partial charge is 0.323 e. The van der Waals surface area contributed by atoms with Gasteiger partial charge in [-0.25, -0.2) is 8.42 Å². The number of benzene rings is 3. The standard InChI is InChI=1S/C23H23N3O4S/c1-25(31(29,30)19-13-12-17-7-2-3-8-18(17)15-19)16-22(27)24-20-9-4-5-10-21(20)26-14-6-11-23(26)28/h2-5,7-10,12-13,15H,6,11,14,16H2,1H3,(H,24,27). The maximum Gasteiger partial charge on any atom is 0.243 e. The van der Waals surface area contributed by atoms with Crippen LogP contribution < -0.4 is 10.2 Å². The molecule has 1 aliphatic heterocycles. The van der Waals surface area contributed by atoms with Crippen LogP contribution in [0.15, 0.2) is 71.6 Å². The van der Waals surface area contributed by atoms with Crippen molar-refractivity contribution in [2.75, 3.05) is 30.4 Å². The van der Waals surface area contributed by atoms with Gasteiger partial charge in [0.25, 0.3) is 0 Å². The van der Waals surface area contributed by atoms with Crippen molar-refractivity contribution in [3.63, 3.8) is 0 Å².